The zero-order valence-electron chi connectivity index (χ0n) is 21.4. The van der Waals surface area contributed by atoms with Crippen LogP contribution in [0.25, 0.3) is 0 Å². The number of carbonyl (C=O) groups is 2. The van der Waals surface area contributed by atoms with Gasteiger partial charge in [0, 0.05) is 38.5 Å². The smallest absolute Gasteiger partial charge is 0.262 e. The molecule has 2 aliphatic heterocycles. The fourth-order valence-corrected chi connectivity index (χ4v) is 5.55. The molecule has 2 fully saturated rings. The van der Waals surface area contributed by atoms with Gasteiger partial charge in [0.05, 0.1) is 44.1 Å². The van der Waals surface area contributed by atoms with E-state index in [0.717, 1.165) is 48.6 Å². The van der Waals surface area contributed by atoms with E-state index in [9.17, 15) is 9.59 Å². The monoisotopic (exact) mass is 526 g/mol. The molecule has 1 aliphatic carbocycles. The van der Waals surface area contributed by atoms with E-state index in [2.05, 4.69) is 4.90 Å². The summed E-state index contributed by atoms with van der Waals surface area (Å²) in [5.41, 5.74) is 1.78. The minimum absolute atomic E-state index is 0.0185. The second-order valence-corrected chi connectivity index (χ2v) is 10.5. The van der Waals surface area contributed by atoms with Crippen molar-refractivity contribution in [2.45, 2.75) is 25.3 Å². The molecule has 5 rings (SSSR count). The highest BCUT2D eigenvalue weighted by Gasteiger charge is 2.38. The Labute approximate surface area is 221 Å². The molecule has 198 valence electrons. The summed E-state index contributed by atoms with van der Waals surface area (Å²) in [6, 6.07) is 9.42. The van der Waals surface area contributed by atoms with Crippen molar-refractivity contribution in [2.75, 3.05) is 60.2 Å². The van der Waals surface area contributed by atoms with Crippen LogP contribution >= 0.6 is 11.3 Å². The minimum atomic E-state index is -0.290. The van der Waals surface area contributed by atoms with Crippen molar-refractivity contribution in [3.8, 4) is 11.5 Å². The Morgan fingerprint density at radius 2 is 1.92 bits per heavy atom. The van der Waals surface area contributed by atoms with Gasteiger partial charge in [0.2, 0.25) is 5.91 Å². The number of hydrogen-bond donors (Lipinski definition) is 0. The predicted molar refractivity (Wildman–Crippen MR) is 141 cm³/mol. The fourth-order valence-electron chi connectivity index (χ4n) is 4.83. The van der Waals surface area contributed by atoms with E-state index in [1.165, 1.54) is 0 Å². The quantitative estimate of drug-likeness (QED) is 0.473. The number of hydrazone groups is 1. The van der Waals surface area contributed by atoms with Crippen LogP contribution in [0.3, 0.4) is 0 Å². The molecule has 1 aromatic heterocycles. The van der Waals surface area contributed by atoms with Crippen LogP contribution in [-0.2, 0) is 14.3 Å². The Morgan fingerprint density at radius 3 is 2.59 bits per heavy atom. The van der Waals surface area contributed by atoms with Crippen LogP contribution in [0, 0.1) is 5.92 Å². The predicted octanol–water partition coefficient (Wildman–Crippen LogP) is 3.01. The van der Waals surface area contributed by atoms with E-state index in [4.69, 9.17) is 19.3 Å². The Bertz CT molecular complexity index is 1130. The van der Waals surface area contributed by atoms with E-state index >= 15 is 0 Å². The summed E-state index contributed by atoms with van der Waals surface area (Å²) in [7, 11) is 3.20. The highest BCUT2D eigenvalue weighted by atomic mass is 32.1. The van der Waals surface area contributed by atoms with Crippen LogP contribution < -0.4 is 9.47 Å². The van der Waals surface area contributed by atoms with Gasteiger partial charge in [0.15, 0.2) is 11.5 Å². The number of carbonyl (C=O) groups excluding carboxylic acids is 2. The molecule has 0 N–H and O–H groups in total. The Hall–Kier alpha value is -2.95. The number of rotatable bonds is 10. The number of hydrogen-bond acceptors (Lipinski definition) is 8. The van der Waals surface area contributed by atoms with Crippen LogP contribution in [0.1, 0.15) is 35.7 Å². The van der Waals surface area contributed by atoms with E-state index in [0.29, 0.717) is 37.7 Å². The molecule has 0 radical (unpaired) electrons. The molecule has 37 heavy (non-hydrogen) atoms. The molecular formula is C27H34N4O5S. The van der Waals surface area contributed by atoms with Crippen molar-refractivity contribution in [1.29, 1.82) is 0 Å². The number of methoxy groups -OCH3 is 2. The minimum Gasteiger partial charge on any atom is -0.493 e. The fraction of sp³-hybridized carbons (Fsp3) is 0.519. The van der Waals surface area contributed by atoms with Gasteiger partial charge < -0.3 is 19.1 Å². The number of thiophene rings is 1. The van der Waals surface area contributed by atoms with Crippen molar-refractivity contribution in [3.63, 3.8) is 0 Å². The molecular weight excluding hydrogens is 492 g/mol. The number of morpholine rings is 1. The summed E-state index contributed by atoms with van der Waals surface area (Å²) >= 11 is 1.61. The number of amides is 2. The van der Waals surface area contributed by atoms with Crippen LogP contribution in [0.2, 0.25) is 0 Å². The molecule has 10 heteroatoms. The second-order valence-electron chi connectivity index (χ2n) is 9.58. The van der Waals surface area contributed by atoms with Crippen molar-refractivity contribution in [1.82, 2.24) is 14.8 Å². The molecule has 0 spiro atoms. The first-order chi connectivity index (χ1) is 18.1. The largest absolute Gasteiger partial charge is 0.493 e. The number of ether oxygens (including phenoxy) is 3. The summed E-state index contributed by atoms with van der Waals surface area (Å²) < 4.78 is 16.4. The molecule has 1 saturated heterocycles. The Kier molecular flexibility index (Phi) is 8.07. The lowest BCUT2D eigenvalue weighted by Gasteiger charge is -2.31. The van der Waals surface area contributed by atoms with Gasteiger partial charge in [-0.1, -0.05) is 12.1 Å². The number of nitrogens with zero attached hydrogens (tertiary/aromatic N) is 4. The average Bonchev–Trinajstić information content (AvgIpc) is 3.44. The van der Waals surface area contributed by atoms with Crippen molar-refractivity contribution < 1.29 is 23.8 Å². The highest BCUT2D eigenvalue weighted by Crippen LogP contribution is 2.38. The third-order valence-electron chi connectivity index (χ3n) is 7.12. The topological polar surface area (TPSA) is 83.9 Å². The molecule has 2 aromatic rings. The summed E-state index contributed by atoms with van der Waals surface area (Å²) in [6.45, 7) is 4.38. The lowest BCUT2D eigenvalue weighted by molar-refractivity contribution is -0.142. The van der Waals surface area contributed by atoms with Crippen LogP contribution in [0.4, 0.5) is 0 Å². The van der Waals surface area contributed by atoms with Gasteiger partial charge in [0.25, 0.3) is 5.91 Å². The lowest BCUT2D eigenvalue weighted by Crippen LogP contribution is -2.47. The van der Waals surface area contributed by atoms with E-state index < -0.39 is 0 Å². The third kappa shape index (κ3) is 5.97. The van der Waals surface area contributed by atoms with E-state index in [-0.39, 0.29) is 30.3 Å². The van der Waals surface area contributed by atoms with Gasteiger partial charge >= 0.3 is 0 Å². The summed E-state index contributed by atoms with van der Waals surface area (Å²) in [4.78, 5) is 32.0. The lowest BCUT2D eigenvalue weighted by atomic mass is 10.0. The first-order valence-electron chi connectivity index (χ1n) is 12.8. The molecule has 0 bridgehead atoms. The second kappa shape index (κ2) is 11.6. The standard InChI is InChI=1S/C27H34N4O5S/c1-34-23-8-7-20(16-24(23)35-2)22-17-21(25-4-3-15-37-25)28-31(22)26(32)18-30(27(33)19-5-6-19)10-9-29-11-13-36-14-12-29/h3-4,7-8,15-16,19,22H,5-6,9-14,17-18H2,1-2H3/t22-/m0/s1. The third-order valence-corrected chi connectivity index (χ3v) is 8.04. The maximum absolute atomic E-state index is 13.8. The zero-order chi connectivity index (χ0) is 25.8. The molecule has 2 amide bonds. The van der Waals surface area contributed by atoms with Gasteiger partial charge in [0.1, 0.15) is 6.54 Å². The van der Waals surface area contributed by atoms with E-state index in [1.807, 2.05) is 35.7 Å². The highest BCUT2D eigenvalue weighted by molar-refractivity contribution is 7.12. The van der Waals surface area contributed by atoms with Gasteiger partial charge in [-0.15, -0.1) is 11.3 Å². The van der Waals surface area contributed by atoms with Gasteiger partial charge in [-0.2, -0.15) is 5.10 Å². The van der Waals surface area contributed by atoms with Gasteiger partial charge in [-0.05, 0) is 42.0 Å². The first kappa shape index (κ1) is 25.7. The summed E-state index contributed by atoms with van der Waals surface area (Å²) in [5.74, 6) is 1.18. The summed E-state index contributed by atoms with van der Waals surface area (Å²) in [5, 5.41) is 8.36. The molecule has 1 saturated carbocycles. The SMILES string of the molecule is COc1ccc([C@@H]2CC(c3cccs3)=NN2C(=O)CN(CCN2CCOCC2)C(=O)C2CC2)cc1OC. The maximum atomic E-state index is 13.8. The normalized spacial score (nSPS) is 20.0. The van der Waals surface area contributed by atoms with Gasteiger partial charge in [-0.25, -0.2) is 5.01 Å². The molecule has 0 unspecified atom stereocenters. The van der Waals surface area contributed by atoms with Crippen molar-refractivity contribution in [3.05, 3.63) is 46.2 Å². The summed E-state index contributed by atoms with van der Waals surface area (Å²) in [6.07, 6.45) is 2.39. The van der Waals surface area contributed by atoms with Crippen LogP contribution in [-0.4, -0.2) is 92.5 Å². The first-order valence-corrected chi connectivity index (χ1v) is 13.7. The maximum Gasteiger partial charge on any atom is 0.262 e. The number of benzene rings is 1. The van der Waals surface area contributed by atoms with Crippen molar-refractivity contribution >= 4 is 28.9 Å². The molecule has 3 heterocycles. The Balaban J connectivity index is 1.37. The molecule has 1 atom stereocenters. The van der Waals surface area contributed by atoms with Gasteiger partial charge in [-0.3, -0.25) is 14.5 Å². The average molecular weight is 527 g/mol. The van der Waals surface area contributed by atoms with Crippen molar-refractivity contribution in [2.24, 2.45) is 11.0 Å². The molecule has 3 aliphatic rings. The van der Waals surface area contributed by atoms with Crippen LogP contribution in [0.15, 0.2) is 40.8 Å². The Morgan fingerprint density at radius 1 is 1.14 bits per heavy atom. The van der Waals surface area contributed by atoms with Crippen LogP contribution in [0.5, 0.6) is 11.5 Å². The zero-order valence-corrected chi connectivity index (χ0v) is 22.2. The molecule has 1 aromatic carbocycles. The van der Waals surface area contributed by atoms with E-state index in [1.54, 1.807) is 35.5 Å². The molecule has 9 nitrogen and oxygen atoms in total.